The van der Waals surface area contributed by atoms with Gasteiger partial charge < -0.3 is 22.2 Å². The zero-order valence-electron chi connectivity index (χ0n) is 19.5. The van der Waals surface area contributed by atoms with E-state index in [0.717, 1.165) is 39.3 Å². The smallest absolute Gasteiger partial charge is 0.244 e. The van der Waals surface area contributed by atoms with Gasteiger partial charge in [-0.1, -0.05) is 0 Å². The second-order valence-corrected chi connectivity index (χ2v) is 7.79. The van der Waals surface area contributed by atoms with Crippen LogP contribution in [-0.4, -0.2) is 50.2 Å². The lowest BCUT2D eigenvalue weighted by Gasteiger charge is -2.22. The molecule has 3 rings (SSSR count). The molecule has 4 nitrogen and oxygen atoms in total. The van der Waals surface area contributed by atoms with Gasteiger partial charge in [0.25, 0.3) is 0 Å². The average Bonchev–Trinajstić information content (AvgIpc) is 3.19. The Morgan fingerprint density at radius 2 is 1.33 bits per heavy atom. The van der Waals surface area contributed by atoms with E-state index in [1.54, 1.807) is 0 Å². The predicted molar refractivity (Wildman–Crippen MR) is 128 cm³/mol. The van der Waals surface area contributed by atoms with E-state index in [0.29, 0.717) is 0 Å². The zero-order chi connectivity index (χ0) is 21.0. The molecule has 0 aliphatic carbocycles. The largest absolute Gasteiger partial charge is 1.00 e. The average molecular weight is 429 g/mol. The maximum atomic E-state index is 2.40. The highest BCUT2D eigenvalue weighted by molar-refractivity contribution is 5.81. The van der Waals surface area contributed by atoms with Crippen LogP contribution >= 0.6 is 0 Å². The normalized spacial score (nSPS) is 13.1. The minimum Gasteiger partial charge on any atom is -1.00 e. The van der Waals surface area contributed by atoms with Crippen molar-refractivity contribution >= 4 is 29.1 Å². The van der Waals surface area contributed by atoms with Gasteiger partial charge in [0.1, 0.15) is 24.5 Å². The fraction of sp³-hybridized carbons (Fsp3) is 0.480. The standard InChI is InChI=1S/C25H37N4.ClH/c1-7-26(8-2)22-11-13-24(20(5)17-22)28-15-16-29(19-28)25-14-12-23(18-21(25)6)27(9-3)10-4;/h11-14,17-19H,7-10,15-16H2,1-6H3;1H/q+1;/p-1. The highest BCUT2D eigenvalue weighted by atomic mass is 35.5. The number of nitrogens with zero attached hydrogens (tertiary/aromatic N) is 4. The van der Waals surface area contributed by atoms with Gasteiger partial charge >= 0.3 is 0 Å². The Morgan fingerprint density at radius 1 is 0.800 bits per heavy atom. The second-order valence-electron chi connectivity index (χ2n) is 7.79. The molecule has 0 fully saturated rings. The van der Waals surface area contributed by atoms with Gasteiger partial charge in [-0.05, 0) is 89.1 Å². The van der Waals surface area contributed by atoms with Crippen molar-refractivity contribution in [2.45, 2.75) is 41.5 Å². The first-order valence-corrected chi connectivity index (χ1v) is 11.1. The quantitative estimate of drug-likeness (QED) is 0.598. The molecule has 1 aliphatic heterocycles. The number of aryl methyl sites for hydroxylation is 2. The number of hydrogen-bond donors (Lipinski definition) is 0. The predicted octanol–water partition coefficient (Wildman–Crippen LogP) is 2.19. The molecule has 5 heteroatoms. The Kier molecular flexibility index (Phi) is 8.60. The van der Waals surface area contributed by atoms with Crippen LogP contribution in [-0.2, 0) is 0 Å². The number of anilines is 3. The molecule has 1 heterocycles. The van der Waals surface area contributed by atoms with Crippen molar-refractivity contribution in [3.8, 4) is 0 Å². The lowest BCUT2D eigenvalue weighted by Crippen LogP contribution is -3.00. The van der Waals surface area contributed by atoms with Crippen LogP contribution in [0.4, 0.5) is 22.7 Å². The summed E-state index contributed by atoms with van der Waals surface area (Å²) in [5.74, 6) is 0. The third kappa shape index (κ3) is 4.92. The van der Waals surface area contributed by atoms with Gasteiger partial charge in [0.05, 0.1) is 0 Å². The molecular weight excluding hydrogens is 392 g/mol. The van der Waals surface area contributed by atoms with Crippen LogP contribution in [0.2, 0.25) is 0 Å². The van der Waals surface area contributed by atoms with Gasteiger partial charge in [-0.25, -0.2) is 9.48 Å². The zero-order valence-corrected chi connectivity index (χ0v) is 20.2. The van der Waals surface area contributed by atoms with E-state index in [2.05, 4.69) is 104 Å². The fourth-order valence-electron chi connectivity index (χ4n) is 4.36. The first-order valence-electron chi connectivity index (χ1n) is 11.1. The van der Waals surface area contributed by atoms with Crippen molar-refractivity contribution in [2.24, 2.45) is 0 Å². The third-order valence-electron chi connectivity index (χ3n) is 6.10. The molecule has 0 spiro atoms. The van der Waals surface area contributed by atoms with Crippen molar-refractivity contribution < 1.29 is 17.0 Å². The lowest BCUT2D eigenvalue weighted by atomic mass is 10.1. The van der Waals surface area contributed by atoms with Crippen LogP contribution in [0.3, 0.4) is 0 Å². The van der Waals surface area contributed by atoms with Gasteiger partial charge in [-0.3, -0.25) is 0 Å². The molecule has 164 valence electrons. The van der Waals surface area contributed by atoms with E-state index in [4.69, 9.17) is 0 Å². The maximum Gasteiger partial charge on any atom is 0.244 e. The molecular formula is C25H37ClN4. The molecule has 0 saturated heterocycles. The summed E-state index contributed by atoms with van der Waals surface area (Å²) in [7, 11) is 0. The second kappa shape index (κ2) is 10.7. The van der Waals surface area contributed by atoms with Crippen LogP contribution in [0.1, 0.15) is 38.8 Å². The van der Waals surface area contributed by atoms with E-state index in [9.17, 15) is 0 Å². The Morgan fingerprint density at radius 3 is 1.83 bits per heavy atom. The number of halogens is 1. The Hall–Kier alpha value is -2.20. The molecule has 30 heavy (non-hydrogen) atoms. The van der Waals surface area contributed by atoms with Gasteiger partial charge in [0.15, 0.2) is 0 Å². The van der Waals surface area contributed by atoms with E-state index in [1.807, 2.05) is 0 Å². The Labute approximate surface area is 189 Å². The first kappa shape index (κ1) is 24.1. The van der Waals surface area contributed by atoms with Crippen molar-refractivity contribution in [3.05, 3.63) is 47.5 Å². The van der Waals surface area contributed by atoms with Crippen molar-refractivity contribution in [1.82, 2.24) is 0 Å². The summed E-state index contributed by atoms with van der Waals surface area (Å²) < 4.78 is 2.39. The molecule has 0 unspecified atom stereocenters. The highest BCUT2D eigenvalue weighted by Gasteiger charge is 2.25. The summed E-state index contributed by atoms with van der Waals surface area (Å²) in [6, 6.07) is 13.7. The van der Waals surface area contributed by atoms with Crippen molar-refractivity contribution in [1.29, 1.82) is 0 Å². The fourth-order valence-corrected chi connectivity index (χ4v) is 4.36. The van der Waals surface area contributed by atoms with Gasteiger partial charge in [-0.15, -0.1) is 0 Å². The Balaban J connectivity index is 0.00000320. The molecule has 1 aliphatic rings. The van der Waals surface area contributed by atoms with Crippen LogP contribution < -0.4 is 27.1 Å². The Bertz CT molecular complexity index is 869. The van der Waals surface area contributed by atoms with E-state index >= 15 is 0 Å². The molecule has 0 atom stereocenters. The van der Waals surface area contributed by atoms with Crippen LogP contribution in [0, 0.1) is 13.8 Å². The highest BCUT2D eigenvalue weighted by Crippen LogP contribution is 2.29. The van der Waals surface area contributed by atoms with Gasteiger partial charge in [0.2, 0.25) is 6.34 Å². The maximum absolute atomic E-state index is 2.40. The molecule has 0 aromatic heterocycles. The minimum atomic E-state index is 0. The molecule has 2 aromatic rings. The molecule has 0 radical (unpaired) electrons. The molecule has 0 amide bonds. The summed E-state index contributed by atoms with van der Waals surface area (Å²) in [5.41, 5.74) is 7.91. The summed E-state index contributed by atoms with van der Waals surface area (Å²) in [6.07, 6.45) is 2.28. The summed E-state index contributed by atoms with van der Waals surface area (Å²) in [5, 5.41) is 0. The van der Waals surface area contributed by atoms with Gasteiger partial charge in [0, 0.05) is 37.6 Å². The van der Waals surface area contributed by atoms with E-state index in [1.165, 1.54) is 33.9 Å². The van der Waals surface area contributed by atoms with Crippen molar-refractivity contribution in [3.63, 3.8) is 0 Å². The first-order chi connectivity index (χ1) is 14.0. The number of hydrogen-bond acceptors (Lipinski definition) is 3. The van der Waals surface area contributed by atoms with Crippen LogP contribution in [0.25, 0.3) is 0 Å². The molecule has 0 bridgehead atoms. The molecule has 0 saturated carbocycles. The summed E-state index contributed by atoms with van der Waals surface area (Å²) in [4.78, 5) is 7.19. The van der Waals surface area contributed by atoms with E-state index < -0.39 is 0 Å². The van der Waals surface area contributed by atoms with Crippen LogP contribution in [0.5, 0.6) is 0 Å². The third-order valence-corrected chi connectivity index (χ3v) is 6.10. The van der Waals surface area contributed by atoms with Crippen LogP contribution in [0.15, 0.2) is 36.4 Å². The minimum absolute atomic E-state index is 0. The molecule has 2 aromatic carbocycles. The van der Waals surface area contributed by atoms with Gasteiger partial charge in [-0.2, -0.15) is 0 Å². The SMILES string of the molecule is CCN(CC)c1ccc(N2C=[N+](c3ccc(N(CC)CC)cc3C)CC2)c(C)c1.[Cl-]. The van der Waals surface area contributed by atoms with E-state index in [-0.39, 0.29) is 12.4 Å². The summed E-state index contributed by atoms with van der Waals surface area (Å²) in [6.45, 7) is 19.5. The topological polar surface area (TPSA) is 12.7 Å². The monoisotopic (exact) mass is 428 g/mol. The van der Waals surface area contributed by atoms with Crippen molar-refractivity contribution in [2.75, 3.05) is 54.0 Å². The number of rotatable bonds is 8. The lowest BCUT2D eigenvalue weighted by molar-refractivity contribution is -0.424. The summed E-state index contributed by atoms with van der Waals surface area (Å²) >= 11 is 0. The molecule has 0 N–H and O–H groups in total. The number of benzene rings is 2.